The van der Waals surface area contributed by atoms with Crippen LogP contribution in [0.5, 0.6) is 0 Å². The molecule has 96 valence electrons. The van der Waals surface area contributed by atoms with Crippen LogP contribution in [0.15, 0.2) is 23.6 Å². The highest BCUT2D eigenvalue weighted by atomic mass is 35.5. The first kappa shape index (κ1) is 13.2. The molecule has 0 aliphatic heterocycles. The molecule has 2 aromatic rings. The Hall–Kier alpha value is -1.27. The van der Waals surface area contributed by atoms with E-state index in [0.29, 0.717) is 16.0 Å². The van der Waals surface area contributed by atoms with Gasteiger partial charge in [-0.15, -0.1) is 0 Å². The summed E-state index contributed by atoms with van der Waals surface area (Å²) in [5.74, 6) is 1.51. The standard InChI is InChI=1S/C11H14ClN5S/c1-3-4-13-9-5-10(16-11(15-9)18-2)17-7-8(12)6-14-17/h5-7H,3-4H2,1-2H3,(H,13,15,16). The molecule has 0 bridgehead atoms. The quantitative estimate of drug-likeness (QED) is 0.675. The van der Waals surface area contributed by atoms with Crippen LogP contribution in [0.1, 0.15) is 13.3 Å². The zero-order chi connectivity index (χ0) is 13.0. The summed E-state index contributed by atoms with van der Waals surface area (Å²) in [4.78, 5) is 8.79. The van der Waals surface area contributed by atoms with E-state index in [1.54, 1.807) is 17.1 Å². The molecule has 0 aromatic carbocycles. The topological polar surface area (TPSA) is 55.6 Å². The summed E-state index contributed by atoms with van der Waals surface area (Å²) in [6.45, 7) is 2.99. The molecule has 5 nitrogen and oxygen atoms in total. The molecule has 2 heterocycles. The summed E-state index contributed by atoms with van der Waals surface area (Å²) in [7, 11) is 0. The zero-order valence-corrected chi connectivity index (χ0v) is 11.8. The van der Waals surface area contributed by atoms with Crippen molar-refractivity contribution in [3.63, 3.8) is 0 Å². The molecule has 2 rings (SSSR count). The van der Waals surface area contributed by atoms with Crippen molar-refractivity contribution in [1.82, 2.24) is 19.7 Å². The Balaban J connectivity index is 2.34. The molecule has 0 fully saturated rings. The van der Waals surface area contributed by atoms with E-state index in [1.807, 2.05) is 12.3 Å². The Morgan fingerprint density at radius 1 is 1.44 bits per heavy atom. The summed E-state index contributed by atoms with van der Waals surface area (Å²) >= 11 is 7.36. The molecular weight excluding hydrogens is 270 g/mol. The van der Waals surface area contributed by atoms with Gasteiger partial charge in [0.15, 0.2) is 11.0 Å². The molecule has 7 heteroatoms. The summed E-state index contributed by atoms with van der Waals surface area (Å²) in [5, 5.41) is 8.68. The van der Waals surface area contributed by atoms with Crippen LogP contribution in [0.2, 0.25) is 5.02 Å². The van der Waals surface area contributed by atoms with Crippen molar-refractivity contribution in [2.45, 2.75) is 18.5 Å². The maximum absolute atomic E-state index is 5.86. The lowest BCUT2D eigenvalue weighted by Crippen LogP contribution is -2.06. The van der Waals surface area contributed by atoms with Gasteiger partial charge in [-0.3, -0.25) is 0 Å². The van der Waals surface area contributed by atoms with E-state index in [1.165, 1.54) is 11.8 Å². The van der Waals surface area contributed by atoms with Gasteiger partial charge in [-0.25, -0.2) is 14.6 Å². The van der Waals surface area contributed by atoms with Gasteiger partial charge in [0.1, 0.15) is 5.82 Å². The SMILES string of the molecule is CCCNc1cc(-n2cc(Cl)cn2)nc(SC)n1. The number of nitrogens with one attached hydrogen (secondary N) is 1. The van der Waals surface area contributed by atoms with Crippen molar-refractivity contribution in [3.05, 3.63) is 23.5 Å². The van der Waals surface area contributed by atoms with Gasteiger partial charge < -0.3 is 5.32 Å². The first-order chi connectivity index (χ1) is 8.72. The Bertz CT molecular complexity index is 528. The van der Waals surface area contributed by atoms with E-state index >= 15 is 0 Å². The predicted octanol–water partition coefficient (Wildman–Crippen LogP) is 2.86. The van der Waals surface area contributed by atoms with Crippen LogP contribution in [-0.2, 0) is 0 Å². The second kappa shape index (κ2) is 6.06. The lowest BCUT2D eigenvalue weighted by Gasteiger charge is -2.08. The Morgan fingerprint density at radius 2 is 2.28 bits per heavy atom. The van der Waals surface area contributed by atoms with Crippen molar-refractivity contribution in [1.29, 1.82) is 0 Å². The lowest BCUT2D eigenvalue weighted by molar-refractivity contribution is 0.806. The molecule has 0 radical (unpaired) electrons. The Kier molecular flexibility index (Phi) is 4.43. The molecule has 0 atom stereocenters. The molecule has 0 aliphatic rings. The van der Waals surface area contributed by atoms with Crippen molar-refractivity contribution in [2.24, 2.45) is 0 Å². The third-order valence-corrected chi connectivity index (χ3v) is 2.96. The third kappa shape index (κ3) is 3.14. The Labute approximate surface area is 115 Å². The van der Waals surface area contributed by atoms with E-state index in [2.05, 4.69) is 27.3 Å². The fraction of sp³-hybridized carbons (Fsp3) is 0.364. The van der Waals surface area contributed by atoms with Gasteiger partial charge in [-0.1, -0.05) is 30.3 Å². The summed E-state index contributed by atoms with van der Waals surface area (Å²) in [6.07, 6.45) is 6.29. The van der Waals surface area contributed by atoms with Crippen molar-refractivity contribution >= 4 is 29.2 Å². The number of thioether (sulfide) groups is 1. The van der Waals surface area contributed by atoms with Gasteiger partial charge in [-0.05, 0) is 12.7 Å². The molecule has 0 saturated heterocycles. The van der Waals surface area contributed by atoms with Crippen LogP contribution in [0.3, 0.4) is 0 Å². The van der Waals surface area contributed by atoms with Crippen LogP contribution >= 0.6 is 23.4 Å². The number of aromatic nitrogens is 4. The van der Waals surface area contributed by atoms with Gasteiger partial charge in [0.2, 0.25) is 0 Å². The monoisotopic (exact) mass is 283 g/mol. The van der Waals surface area contributed by atoms with Gasteiger partial charge >= 0.3 is 0 Å². The van der Waals surface area contributed by atoms with Crippen molar-refractivity contribution in [3.8, 4) is 5.82 Å². The normalized spacial score (nSPS) is 10.6. The minimum absolute atomic E-state index is 0.586. The molecule has 1 N–H and O–H groups in total. The van der Waals surface area contributed by atoms with Crippen LogP contribution in [0, 0.1) is 0 Å². The second-order valence-corrected chi connectivity index (χ2v) is 4.84. The van der Waals surface area contributed by atoms with Gasteiger partial charge in [-0.2, -0.15) is 5.10 Å². The van der Waals surface area contributed by atoms with E-state index in [4.69, 9.17) is 11.6 Å². The van der Waals surface area contributed by atoms with Crippen LogP contribution in [0.4, 0.5) is 5.82 Å². The maximum atomic E-state index is 5.86. The average Bonchev–Trinajstić information content (AvgIpc) is 2.82. The van der Waals surface area contributed by atoms with E-state index in [-0.39, 0.29) is 0 Å². The highest BCUT2D eigenvalue weighted by Gasteiger charge is 2.06. The van der Waals surface area contributed by atoms with E-state index < -0.39 is 0 Å². The Morgan fingerprint density at radius 3 is 2.89 bits per heavy atom. The zero-order valence-electron chi connectivity index (χ0n) is 10.2. The summed E-state index contributed by atoms with van der Waals surface area (Å²) in [6, 6.07) is 1.86. The first-order valence-electron chi connectivity index (χ1n) is 5.60. The smallest absolute Gasteiger partial charge is 0.191 e. The number of anilines is 1. The molecule has 0 aliphatic carbocycles. The first-order valence-corrected chi connectivity index (χ1v) is 7.20. The van der Waals surface area contributed by atoms with Crippen molar-refractivity contribution < 1.29 is 0 Å². The second-order valence-electron chi connectivity index (χ2n) is 3.63. The maximum Gasteiger partial charge on any atom is 0.191 e. The molecule has 0 unspecified atom stereocenters. The average molecular weight is 284 g/mol. The molecule has 0 amide bonds. The fourth-order valence-electron chi connectivity index (χ4n) is 1.39. The van der Waals surface area contributed by atoms with Crippen molar-refractivity contribution in [2.75, 3.05) is 18.1 Å². The largest absolute Gasteiger partial charge is 0.370 e. The number of halogens is 1. The van der Waals surface area contributed by atoms with Gasteiger partial charge in [0, 0.05) is 12.6 Å². The van der Waals surface area contributed by atoms with Crippen LogP contribution in [-0.4, -0.2) is 32.5 Å². The highest BCUT2D eigenvalue weighted by Crippen LogP contribution is 2.17. The van der Waals surface area contributed by atoms with Crippen LogP contribution < -0.4 is 5.32 Å². The predicted molar refractivity (Wildman–Crippen MR) is 74.7 cm³/mol. The summed E-state index contributed by atoms with van der Waals surface area (Å²) in [5.41, 5.74) is 0. The van der Waals surface area contributed by atoms with E-state index in [9.17, 15) is 0 Å². The number of rotatable bonds is 5. The molecular formula is C11H14ClN5S. The van der Waals surface area contributed by atoms with E-state index in [0.717, 1.165) is 18.8 Å². The minimum atomic E-state index is 0.586. The number of nitrogens with zero attached hydrogens (tertiary/aromatic N) is 4. The van der Waals surface area contributed by atoms with Gasteiger partial charge in [0.05, 0.1) is 17.4 Å². The molecule has 0 saturated carbocycles. The third-order valence-electron chi connectivity index (χ3n) is 2.22. The molecule has 18 heavy (non-hydrogen) atoms. The lowest BCUT2D eigenvalue weighted by atomic mass is 10.4. The summed E-state index contributed by atoms with van der Waals surface area (Å²) < 4.78 is 1.64. The molecule has 0 spiro atoms. The highest BCUT2D eigenvalue weighted by molar-refractivity contribution is 7.98. The fourth-order valence-corrected chi connectivity index (χ4v) is 1.90. The number of hydrogen-bond acceptors (Lipinski definition) is 5. The molecule has 2 aromatic heterocycles. The van der Waals surface area contributed by atoms with Gasteiger partial charge in [0.25, 0.3) is 0 Å². The number of hydrogen-bond donors (Lipinski definition) is 1. The minimum Gasteiger partial charge on any atom is -0.370 e. The van der Waals surface area contributed by atoms with Crippen LogP contribution in [0.25, 0.3) is 5.82 Å².